The van der Waals surface area contributed by atoms with E-state index in [1.165, 1.54) is 12.1 Å². The van der Waals surface area contributed by atoms with Crippen molar-refractivity contribution in [3.05, 3.63) is 23.0 Å². The Morgan fingerprint density at radius 2 is 2.25 bits per heavy atom. The first kappa shape index (κ1) is 12.9. The molecule has 0 spiro atoms. The molecule has 0 bridgehead atoms. The predicted molar refractivity (Wildman–Crippen MR) is 60.3 cm³/mol. The molecule has 0 fully saturated rings. The van der Waals surface area contributed by atoms with E-state index in [0.717, 1.165) is 0 Å². The minimum absolute atomic E-state index is 0.173. The number of rotatable bonds is 4. The highest BCUT2D eigenvalue weighted by Gasteiger charge is 2.19. The Kier molecular flexibility index (Phi) is 4.20. The zero-order chi connectivity index (χ0) is 12.2. The third-order valence-corrected chi connectivity index (χ3v) is 2.46. The molecule has 0 saturated heterocycles. The number of hydrogen-bond donors (Lipinski definition) is 2. The molecular weight excluding hydrogens is 230 g/mol. The summed E-state index contributed by atoms with van der Waals surface area (Å²) in [4.78, 5) is 11.6. The zero-order valence-corrected chi connectivity index (χ0v) is 9.95. The largest absolute Gasteiger partial charge is 0.388 e. The van der Waals surface area contributed by atoms with Crippen molar-refractivity contribution in [2.45, 2.75) is 25.9 Å². The van der Waals surface area contributed by atoms with Crippen LogP contribution in [0.1, 0.15) is 30.8 Å². The van der Waals surface area contributed by atoms with Gasteiger partial charge in [0, 0.05) is 6.54 Å². The molecule has 1 aromatic heterocycles. The summed E-state index contributed by atoms with van der Waals surface area (Å²) in [6.07, 6.45) is 0.555. The summed E-state index contributed by atoms with van der Waals surface area (Å²) in [6, 6.07) is 2.97. The summed E-state index contributed by atoms with van der Waals surface area (Å²) in [5.74, 6) is -0.377. The topological polar surface area (TPSA) is 75.1 Å². The van der Waals surface area contributed by atoms with E-state index in [4.69, 9.17) is 11.6 Å². The van der Waals surface area contributed by atoms with Gasteiger partial charge in [-0.05, 0) is 25.5 Å². The van der Waals surface area contributed by atoms with E-state index < -0.39 is 5.60 Å². The maximum Gasteiger partial charge on any atom is 0.271 e. The first-order valence-corrected chi connectivity index (χ1v) is 5.32. The fraction of sp³-hybridized carbons (Fsp3) is 0.500. The summed E-state index contributed by atoms with van der Waals surface area (Å²) < 4.78 is 0. The van der Waals surface area contributed by atoms with Crippen molar-refractivity contribution >= 4 is 17.5 Å². The van der Waals surface area contributed by atoms with Gasteiger partial charge in [0.25, 0.3) is 5.91 Å². The highest BCUT2D eigenvalue weighted by molar-refractivity contribution is 6.29. The van der Waals surface area contributed by atoms with Crippen LogP contribution in [0.3, 0.4) is 0 Å². The van der Waals surface area contributed by atoms with Crippen molar-refractivity contribution in [3.63, 3.8) is 0 Å². The Bertz CT molecular complexity index is 365. The SMILES string of the molecule is CCC(C)(O)CNC(=O)c1ccc(Cl)nn1. The summed E-state index contributed by atoms with van der Waals surface area (Å²) in [5, 5.41) is 19.7. The fourth-order valence-electron chi connectivity index (χ4n) is 0.923. The monoisotopic (exact) mass is 243 g/mol. The molecule has 0 aliphatic heterocycles. The molecule has 6 heteroatoms. The van der Waals surface area contributed by atoms with Crippen LogP contribution in [0.15, 0.2) is 12.1 Å². The standard InChI is InChI=1S/C10H14ClN3O2/c1-3-10(2,16)6-12-9(15)7-4-5-8(11)14-13-7/h4-5,16H,3,6H2,1-2H3,(H,12,15). The van der Waals surface area contributed by atoms with Gasteiger partial charge in [-0.1, -0.05) is 18.5 Å². The van der Waals surface area contributed by atoms with Gasteiger partial charge in [-0.25, -0.2) is 0 Å². The third-order valence-electron chi connectivity index (χ3n) is 2.26. The molecular formula is C10H14ClN3O2. The van der Waals surface area contributed by atoms with E-state index in [0.29, 0.717) is 6.42 Å². The van der Waals surface area contributed by atoms with Crippen LogP contribution in [0.4, 0.5) is 0 Å². The van der Waals surface area contributed by atoms with Crippen LogP contribution in [-0.4, -0.2) is 33.4 Å². The molecule has 1 atom stereocenters. The van der Waals surface area contributed by atoms with Crippen LogP contribution in [0.2, 0.25) is 5.15 Å². The zero-order valence-electron chi connectivity index (χ0n) is 9.20. The molecule has 0 aromatic carbocycles. The lowest BCUT2D eigenvalue weighted by molar-refractivity contribution is 0.0517. The second-order valence-corrected chi connectivity index (χ2v) is 4.16. The summed E-state index contributed by atoms with van der Waals surface area (Å²) in [5.41, 5.74) is -0.730. The summed E-state index contributed by atoms with van der Waals surface area (Å²) in [6.45, 7) is 3.67. The summed E-state index contributed by atoms with van der Waals surface area (Å²) in [7, 11) is 0. The number of nitrogens with one attached hydrogen (secondary N) is 1. The Labute approximate surface area is 98.8 Å². The highest BCUT2D eigenvalue weighted by Crippen LogP contribution is 2.07. The minimum Gasteiger partial charge on any atom is -0.388 e. The van der Waals surface area contributed by atoms with E-state index in [9.17, 15) is 9.90 Å². The van der Waals surface area contributed by atoms with Crippen LogP contribution >= 0.6 is 11.6 Å². The van der Waals surface area contributed by atoms with Crippen LogP contribution in [0.25, 0.3) is 0 Å². The number of aliphatic hydroxyl groups is 1. The normalized spacial score (nSPS) is 14.2. The van der Waals surface area contributed by atoms with Gasteiger partial charge in [0.15, 0.2) is 10.8 Å². The van der Waals surface area contributed by atoms with Crippen molar-refractivity contribution in [3.8, 4) is 0 Å². The fourth-order valence-corrected chi connectivity index (χ4v) is 1.02. The first-order valence-electron chi connectivity index (χ1n) is 4.94. The predicted octanol–water partition coefficient (Wildman–Crippen LogP) is 1.02. The molecule has 16 heavy (non-hydrogen) atoms. The first-order chi connectivity index (χ1) is 7.44. The number of hydrogen-bond acceptors (Lipinski definition) is 4. The van der Waals surface area contributed by atoms with Crippen molar-refractivity contribution in [1.82, 2.24) is 15.5 Å². The molecule has 1 rings (SSSR count). The lowest BCUT2D eigenvalue weighted by atomic mass is 10.0. The molecule has 2 N–H and O–H groups in total. The van der Waals surface area contributed by atoms with Gasteiger partial charge in [-0.15, -0.1) is 10.2 Å². The Morgan fingerprint density at radius 3 is 2.75 bits per heavy atom. The summed E-state index contributed by atoms with van der Waals surface area (Å²) >= 11 is 5.54. The van der Waals surface area contributed by atoms with Gasteiger partial charge in [0.2, 0.25) is 0 Å². The maximum absolute atomic E-state index is 11.6. The molecule has 0 aliphatic carbocycles. The van der Waals surface area contributed by atoms with Gasteiger partial charge in [-0.2, -0.15) is 0 Å². The molecule has 1 unspecified atom stereocenters. The van der Waals surface area contributed by atoms with Crippen molar-refractivity contribution in [1.29, 1.82) is 0 Å². The van der Waals surface area contributed by atoms with Crippen LogP contribution in [0.5, 0.6) is 0 Å². The molecule has 0 aliphatic rings. The molecule has 1 amide bonds. The number of nitrogens with zero attached hydrogens (tertiary/aromatic N) is 2. The Hall–Kier alpha value is -1.20. The van der Waals surface area contributed by atoms with E-state index in [1.54, 1.807) is 6.92 Å². The maximum atomic E-state index is 11.6. The molecule has 88 valence electrons. The second-order valence-electron chi connectivity index (χ2n) is 3.77. The van der Waals surface area contributed by atoms with Crippen molar-refractivity contribution in [2.24, 2.45) is 0 Å². The van der Waals surface area contributed by atoms with E-state index in [2.05, 4.69) is 15.5 Å². The lowest BCUT2D eigenvalue weighted by Gasteiger charge is -2.21. The van der Waals surface area contributed by atoms with Gasteiger partial charge >= 0.3 is 0 Å². The average Bonchev–Trinajstić information content (AvgIpc) is 2.27. The average molecular weight is 244 g/mol. The molecule has 0 saturated carbocycles. The van der Waals surface area contributed by atoms with E-state index >= 15 is 0 Å². The van der Waals surface area contributed by atoms with Gasteiger partial charge < -0.3 is 10.4 Å². The Morgan fingerprint density at radius 1 is 1.56 bits per heavy atom. The molecule has 1 heterocycles. The van der Waals surface area contributed by atoms with Gasteiger partial charge in [0.1, 0.15) is 0 Å². The molecule has 5 nitrogen and oxygen atoms in total. The number of halogens is 1. The number of aromatic nitrogens is 2. The molecule has 1 aromatic rings. The van der Waals surface area contributed by atoms with Crippen molar-refractivity contribution < 1.29 is 9.90 Å². The number of carbonyl (C=O) groups excluding carboxylic acids is 1. The Balaban J connectivity index is 2.56. The number of amides is 1. The van der Waals surface area contributed by atoms with Crippen molar-refractivity contribution in [2.75, 3.05) is 6.54 Å². The van der Waals surface area contributed by atoms with Crippen LogP contribution in [-0.2, 0) is 0 Å². The quantitative estimate of drug-likeness (QED) is 0.828. The third kappa shape index (κ3) is 3.75. The molecule has 0 radical (unpaired) electrons. The van der Waals surface area contributed by atoms with Crippen LogP contribution < -0.4 is 5.32 Å². The lowest BCUT2D eigenvalue weighted by Crippen LogP contribution is -2.40. The number of carbonyl (C=O) groups is 1. The van der Waals surface area contributed by atoms with Gasteiger partial charge in [-0.3, -0.25) is 4.79 Å². The van der Waals surface area contributed by atoms with E-state index in [1.807, 2.05) is 6.92 Å². The smallest absolute Gasteiger partial charge is 0.271 e. The highest BCUT2D eigenvalue weighted by atomic mass is 35.5. The van der Waals surface area contributed by atoms with E-state index in [-0.39, 0.29) is 23.3 Å². The van der Waals surface area contributed by atoms with Gasteiger partial charge in [0.05, 0.1) is 5.60 Å². The second kappa shape index (κ2) is 5.23. The minimum atomic E-state index is -0.907. The van der Waals surface area contributed by atoms with Crippen LogP contribution in [0, 0.1) is 0 Å².